The topological polar surface area (TPSA) is 87.7 Å². The number of nitrogens with zero attached hydrogens (tertiary/aromatic N) is 1. The van der Waals surface area contributed by atoms with Gasteiger partial charge in [-0.05, 0) is 95.7 Å². The van der Waals surface area contributed by atoms with Crippen molar-refractivity contribution in [2.45, 2.75) is 98.4 Å². The standard InChI is InChI=1S/C36H46ClN3O4/c1-10-36(8,9)40(33(42)29(22-26-18-12-11-13-19-26)38-34(43)44-35(5,6)7)31(27-20-14-16-23(2)25(27)4)32(41)39-30-24(3)17-15-21-28(30)37/h11-21,29,31H,10,22H2,1-9H3,(H,38,43)(H,39,41). The normalized spacial score (nSPS) is 13.0. The van der Waals surface area contributed by atoms with Crippen molar-refractivity contribution in [2.24, 2.45) is 0 Å². The Morgan fingerprint density at radius 1 is 0.864 bits per heavy atom. The molecule has 3 aromatic carbocycles. The minimum absolute atomic E-state index is 0.208. The molecule has 2 N–H and O–H groups in total. The van der Waals surface area contributed by atoms with Gasteiger partial charge in [-0.2, -0.15) is 0 Å². The van der Waals surface area contributed by atoms with Crippen LogP contribution in [0.25, 0.3) is 0 Å². The van der Waals surface area contributed by atoms with Gasteiger partial charge in [-0.15, -0.1) is 0 Å². The molecule has 0 fully saturated rings. The van der Waals surface area contributed by atoms with Crippen molar-refractivity contribution in [3.05, 3.63) is 99.6 Å². The number of carbonyl (C=O) groups is 3. The van der Waals surface area contributed by atoms with E-state index in [9.17, 15) is 14.4 Å². The Morgan fingerprint density at radius 3 is 2.07 bits per heavy atom. The van der Waals surface area contributed by atoms with E-state index < -0.39 is 41.1 Å². The minimum Gasteiger partial charge on any atom is -0.444 e. The van der Waals surface area contributed by atoms with Gasteiger partial charge in [0.2, 0.25) is 5.91 Å². The van der Waals surface area contributed by atoms with Crippen LogP contribution in [-0.2, 0) is 20.7 Å². The molecule has 44 heavy (non-hydrogen) atoms. The van der Waals surface area contributed by atoms with Gasteiger partial charge in [0.05, 0.1) is 10.7 Å². The first-order valence-electron chi connectivity index (χ1n) is 15.0. The summed E-state index contributed by atoms with van der Waals surface area (Å²) in [5.41, 5.74) is 3.16. The van der Waals surface area contributed by atoms with Crippen molar-refractivity contribution < 1.29 is 19.1 Å². The Balaban J connectivity index is 2.21. The van der Waals surface area contributed by atoms with Crippen LogP contribution >= 0.6 is 11.6 Å². The van der Waals surface area contributed by atoms with Crippen LogP contribution in [0.4, 0.5) is 10.5 Å². The van der Waals surface area contributed by atoms with Crippen molar-refractivity contribution in [2.75, 3.05) is 5.32 Å². The van der Waals surface area contributed by atoms with Crippen LogP contribution in [0.2, 0.25) is 5.02 Å². The van der Waals surface area contributed by atoms with Gasteiger partial charge >= 0.3 is 6.09 Å². The number of alkyl carbamates (subject to hydrolysis) is 1. The molecule has 3 amide bonds. The molecular formula is C36H46ClN3O4. The molecule has 7 nitrogen and oxygen atoms in total. The summed E-state index contributed by atoms with van der Waals surface area (Å²) in [7, 11) is 0. The van der Waals surface area contributed by atoms with Gasteiger partial charge in [0.1, 0.15) is 17.7 Å². The van der Waals surface area contributed by atoms with Gasteiger partial charge in [0.25, 0.3) is 5.91 Å². The lowest BCUT2D eigenvalue weighted by Crippen LogP contribution is -2.59. The fraction of sp³-hybridized carbons (Fsp3) is 0.417. The number of benzene rings is 3. The van der Waals surface area contributed by atoms with Gasteiger partial charge in [-0.1, -0.05) is 79.2 Å². The quantitative estimate of drug-likeness (QED) is 0.240. The first-order valence-corrected chi connectivity index (χ1v) is 15.4. The van der Waals surface area contributed by atoms with E-state index in [2.05, 4.69) is 10.6 Å². The molecule has 3 aromatic rings. The summed E-state index contributed by atoms with van der Waals surface area (Å²) in [6, 6.07) is 18.6. The number of carbonyl (C=O) groups excluding carboxylic acids is 3. The number of ether oxygens (including phenoxy) is 1. The maximum absolute atomic E-state index is 14.9. The number of para-hydroxylation sites is 1. The summed E-state index contributed by atoms with van der Waals surface area (Å²) >= 11 is 6.53. The van der Waals surface area contributed by atoms with E-state index in [1.165, 1.54) is 0 Å². The van der Waals surface area contributed by atoms with E-state index in [4.69, 9.17) is 16.3 Å². The molecule has 0 spiro atoms. The van der Waals surface area contributed by atoms with Crippen molar-refractivity contribution >= 4 is 35.2 Å². The number of amides is 3. The highest BCUT2D eigenvalue weighted by Gasteiger charge is 2.44. The molecule has 0 aromatic heterocycles. The van der Waals surface area contributed by atoms with Crippen molar-refractivity contribution in [3.8, 4) is 0 Å². The summed E-state index contributed by atoms with van der Waals surface area (Å²) in [6.45, 7) is 16.9. The van der Waals surface area contributed by atoms with Gasteiger partial charge in [-0.3, -0.25) is 9.59 Å². The Bertz CT molecular complexity index is 1460. The second-order valence-corrected chi connectivity index (χ2v) is 13.3. The lowest BCUT2D eigenvalue weighted by molar-refractivity contribution is -0.147. The van der Waals surface area contributed by atoms with E-state index in [-0.39, 0.29) is 6.42 Å². The number of halogens is 1. The summed E-state index contributed by atoms with van der Waals surface area (Å²) in [6.07, 6.45) is 0.0450. The van der Waals surface area contributed by atoms with Crippen LogP contribution in [0.15, 0.2) is 66.7 Å². The molecule has 0 aliphatic heterocycles. The third-order valence-corrected chi connectivity index (χ3v) is 8.26. The fourth-order valence-electron chi connectivity index (χ4n) is 5.06. The van der Waals surface area contributed by atoms with E-state index in [1.54, 1.807) is 31.7 Å². The first-order chi connectivity index (χ1) is 20.6. The van der Waals surface area contributed by atoms with E-state index >= 15 is 0 Å². The summed E-state index contributed by atoms with van der Waals surface area (Å²) in [4.78, 5) is 44.1. The molecule has 0 heterocycles. The molecule has 0 saturated carbocycles. The van der Waals surface area contributed by atoms with Crippen LogP contribution < -0.4 is 10.6 Å². The first kappa shape index (κ1) is 34.6. The Hall–Kier alpha value is -3.84. The van der Waals surface area contributed by atoms with Crippen molar-refractivity contribution in [1.29, 1.82) is 0 Å². The Labute approximate surface area is 267 Å². The summed E-state index contributed by atoms with van der Waals surface area (Å²) < 4.78 is 5.57. The second kappa shape index (κ2) is 14.3. The molecule has 3 rings (SSSR count). The average Bonchev–Trinajstić information content (AvgIpc) is 2.94. The van der Waals surface area contributed by atoms with Crippen LogP contribution in [0.3, 0.4) is 0 Å². The number of hydrogen-bond donors (Lipinski definition) is 2. The number of hydrogen-bond acceptors (Lipinski definition) is 4. The SMILES string of the molecule is CCC(C)(C)N(C(=O)C(Cc1ccccc1)NC(=O)OC(C)(C)C)C(C(=O)Nc1c(C)cccc1Cl)c1cccc(C)c1C. The lowest BCUT2D eigenvalue weighted by Gasteiger charge is -2.45. The van der Waals surface area contributed by atoms with Crippen LogP contribution in [0, 0.1) is 20.8 Å². The van der Waals surface area contributed by atoms with Gasteiger partial charge < -0.3 is 20.3 Å². The maximum Gasteiger partial charge on any atom is 0.408 e. The third-order valence-electron chi connectivity index (χ3n) is 7.94. The van der Waals surface area contributed by atoms with Crippen LogP contribution in [0.5, 0.6) is 0 Å². The van der Waals surface area contributed by atoms with E-state index in [0.717, 1.165) is 22.3 Å². The molecule has 0 aliphatic rings. The highest BCUT2D eigenvalue weighted by atomic mass is 35.5. The van der Waals surface area contributed by atoms with Crippen LogP contribution in [-0.4, -0.2) is 40.0 Å². The molecule has 0 radical (unpaired) electrons. The predicted molar refractivity (Wildman–Crippen MR) is 178 cm³/mol. The van der Waals surface area contributed by atoms with Crippen molar-refractivity contribution in [3.63, 3.8) is 0 Å². The maximum atomic E-state index is 14.9. The molecular weight excluding hydrogens is 574 g/mol. The monoisotopic (exact) mass is 619 g/mol. The smallest absolute Gasteiger partial charge is 0.408 e. The zero-order chi connectivity index (χ0) is 32.8. The zero-order valence-electron chi connectivity index (χ0n) is 27.4. The number of nitrogens with one attached hydrogen (secondary N) is 2. The summed E-state index contributed by atoms with van der Waals surface area (Å²) in [5, 5.41) is 6.27. The van der Waals surface area contributed by atoms with Crippen molar-refractivity contribution in [1.82, 2.24) is 10.2 Å². The molecule has 0 bridgehead atoms. The average molecular weight is 620 g/mol. The molecule has 0 saturated heterocycles. The number of rotatable bonds is 10. The van der Waals surface area contributed by atoms with E-state index in [1.807, 2.05) is 102 Å². The number of anilines is 1. The zero-order valence-corrected chi connectivity index (χ0v) is 28.1. The minimum atomic E-state index is -1.04. The Kier molecular flexibility index (Phi) is 11.3. The fourth-order valence-corrected chi connectivity index (χ4v) is 5.33. The molecule has 2 unspecified atom stereocenters. The summed E-state index contributed by atoms with van der Waals surface area (Å²) in [5.74, 6) is -0.802. The highest BCUT2D eigenvalue weighted by molar-refractivity contribution is 6.34. The van der Waals surface area contributed by atoms with Gasteiger partial charge in [0.15, 0.2) is 0 Å². The molecule has 236 valence electrons. The lowest BCUT2D eigenvalue weighted by atomic mass is 9.88. The highest BCUT2D eigenvalue weighted by Crippen LogP contribution is 2.36. The van der Waals surface area contributed by atoms with Gasteiger partial charge in [-0.25, -0.2) is 4.79 Å². The third kappa shape index (κ3) is 8.63. The number of aryl methyl sites for hydroxylation is 2. The predicted octanol–water partition coefficient (Wildman–Crippen LogP) is 8.10. The largest absolute Gasteiger partial charge is 0.444 e. The molecule has 0 aliphatic carbocycles. The van der Waals surface area contributed by atoms with E-state index in [0.29, 0.717) is 22.7 Å². The van der Waals surface area contributed by atoms with Gasteiger partial charge in [0, 0.05) is 12.0 Å². The second-order valence-electron chi connectivity index (χ2n) is 12.9. The Morgan fingerprint density at radius 2 is 1.48 bits per heavy atom. The molecule has 2 atom stereocenters. The molecule has 8 heteroatoms. The van der Waals surface area contributed by atoms with Crippen LogP contribution in [0.1, 0.15) is 81.8 Å².